The molecule has 0 saturated carbocycles. The van der Waals surface area contributed by atoms with Crippen LogP contribution in [-0.2, 0) is 24.0 Å². The third-order valence-corrected chi connectivity index (χ3v) is 5.48. The molecule has 1 heterocycles. The maximum atomic E-state index is 5.44. The molecule has 1 saturated heterocycles. The first-order chi connectivity index (χ1) is 11.4. The van der Waals surface area contributed by atoms with Crippen molar-refractivity contribution in [1.29, 1.82) is 0 Å². The van der Waals surface area contributed by atoms with E-state index in [1.807, 2.05) is 0 Å². The van der Waals surface area contributed by atoms with Gasteiger partial charge in [0.2, 0.25) is 0 Å². The second kappa shape index (κ2) is 7.02. The maximum absolute atomic E-state index is 5.44. The summed E-state index contributed by atoms with van der Waals surface area (Å²) in [5.41, 5.74) is 4.81. The second-order valence-corrected chi connectivity index (χ2v) is 6.98. The molecule has 4 rings (SSSR count). The smallest absolute Gasteiger partial charge is 0.0594 e. The molecule has 0 unspecified atom stereocenters. The van der Waals surface area contributed by atoms with Crippen LogP contribution in [0.3, 0.4) is 0 Å². The van der Waals surface area contributed by atoms with Gasteiger partial charge in [0, 0.05) is 13.1 Å². The summed E-state index contributed by atoms with van der Waals surface area (Å²) in [4.78, 5) is 2.55. The van der Waals surface area contributed by atoms with Gasteiger partial charge in [0.15, 0.2) is 0 Å². The molecule has 0 bridgehead atoms. The topological polar surface area (TPSA) is 12.5 Å². The van der Waals surface area contributed by atoms with Gasteiger partial charge in [-0.3, -0.25) is 4.90 Å². The highest BCUT2D eigenvalue weighted by molar-refractivity contribution is 5.90. The largest absolute Gasteiger partial charge is 0.379 e. The average Bonchev–Trinajstić information content (AvgIpc) is 2.63. The quantitative estimate of drug-likeness (QED) is 0.847. The third kappa shape index (κ3) is 3.29. The van der Waals surface area contributed by atoms with Gasteiger partial charge in [-0.15, -0.1) is 0 Å². The summed E-state index contributed by atoms with van der Waals surface area (Å²) in [6, 6.07) is 11.6. The lowest BCUT2D eigenvalue weighted by molar-refractivity contribution is 0.0375. The molecule has 0 atom stereocenters. The molecule has 2 aliphatic rings. The Labute approximate surface area is 139 Å². The lowest BCUT2D eigenvalue weighted by Gasteiger charge is -2.26. The molecule has 122 valence electrons. The number of fused-ring (bicyclic) bond motifs is 3. The first kappa shape index (κ1) is 15.2. The first-order valence-electron chi connectivity index (χ1n) is 9.24. The summed E-state index contributed by atoms with van der Waals surface area (Å²) in [6.07, 6.45) is 7.71. The number of morpholine rings is 1. The van der Waals surface area contributed by atoms with Crippen molar-refractivity contribution in [3.63, 3.8) is 0 Å². The summed E-state index contributed by atoms with van der Waals surface area (Å²) in [6.45, 7) is 5.22. The van der Waals surface area contributed by atoms with Crippen LogP contribution in [0.25, 0.3) is 10.8 Å². The summed E-state index contributed by atoms with van der Waals surface area (Å²) in [7, 11) is 0. The number of benzene rings is 2. The minimum Gasteiger partial charge on any atom is -0.379 e. The van der Waals surface area contributed by atoms with Gasteiger partial charge >= 0.3 is 0 Å². The van der Waals surface area contributed by atoms with Gasteiger partial charge in [-0.05, 0) is 72.5 Å². The Balaban J connectivity index is 1.54. The van der Waals surface area contributed by atoms with Crippen LogP contribution in [0.2, 0.25) is 0 Å². The fourth-order valence-electron chi connectivity index (χ4n) is 4.23. The molecule has 1 aliphatic carbocycles. The van der Waals surface area contributed by atoms with Gasteiger partial charge in [-0.25, -0.2) is 0 Å². The number of hydrogen-bond acceptors (Lipinski definition) is 2. The zero-order valence-corrected chi connectivity index (χ0v) is 14.0. The second-order valence-electron chi connectivity index (χ2n) is 6.98. The van der Waals surface area contributed by atoms with Crippen LogP contribution in [0.15, 0.2) is 30.3 Å². The maximum Gasteiger partial charge on any atom is 0.0594 e. The minimum atomic E-state index is 0.905. The normalized spacial score (nSPS) is 19.0. The van der Waals surface area contributed by atoms with Crippen molar-refractivity contribution >= 4 is 10.8 Å². The summed E-state index contributed by atoms with van der Waals surface area (Å²) >= 11 is 0. The van der Waals surface area contributed by atoms with E-state index in [0.29, 0.717) is 0 Å². The Kier molecular flexibility index (Phi) is 4.63. The number of rotatable bonds is 4. The highest BCUT2D eigenvalue weighted by Crippen LogP contribution is 2.32. The molecule has 2 aromatic rings. The monoisotopic (exact) mass is 309 g/mol. The number of hydrogen-bond donors (Lipinski definition) is 0. The Hall–Kier alpha value is -1.38. The zero-order chi connectivity index (χ0) is 15.5. The number of ether oxygens (including phenoxy) is 1. The van der Waals surface area contributed by atoms with Gasteiger partial charge in [0.05, 0.1) is 13.2 Å². The van der Waals surface area contributed by atoms with Gasteiger partial charge in [0.25, 0.3) is 0 Å². The van der Waals surface area contributed by atoms with Crippen molar-refractivity contribution in [2.75, 3.05) is 32.8 Å². The average molecular weight is 309 g/mol. The molecule has 0 amide bonds. The van der Waals surface area contributed by atoms with E-state index in [0.717, 1.165) is 26.3 Å². The van der Waals surface area contributed by atoms with Crippen molar-refractivity contribution in [2.24, 2.45) is 0 Å². The lowest BCUT2D eigenvalue weighted by Crippen LogP contribution is -2.36. The standard InChI is InChI=1S/C21H27NO/c1-2-8-19-17(6-1)16-18(20-9-3-4-10-21(19)20)7-5-11-22-12-14-23-15-13-22/h3-4,9-10,16H,1-2,5-8,11-15H2. The van der Waals surface area contributed by atoms with Crippen molar-refractivity contribution in [3.8, 4) is 0 Å². The predicted octanol–water partition coefficient (Wildman–Crippen LogP) is 3.98. The van der Waals surface area contributed by atoms with Gasteiger partial charge < -0.3 is 4.74 Å². The Morgan fingerprint density at radius 1 is 0.957 bits per heavy atom. The van der Waals surface area contributed by atoms with E-state index in [4.69, 9.17) is 4.74 Å². The molecule has 2 heteroatoms. The van der Waals surface area contributed by atoms with E-state index in [2.05, 4.69) is 35.2 Å². The molecular formula is C21H27NO. The van der Waals surface area contributed by atoms with E-state index < -0.39 is 0 Å². The molecular weight excluding hydrogens is 282 g/mol. The van der Waals surface area contributed by atoms with Crippen LogP contribution in [0.5, 0.6) is 0 Å². The zero-order valence-electron chi connectivity index (χ0n) is 14.0. The molecule has 2 aromatic carbocycles. The van der Waals surface area contributed by atoms with Gasteiger partial charge in [-0.2, -0.15) is 0 Å². The molecule has 0 N–H and O–H groups in total. The fraction of sp³-hybridized carbons (Fsp3) is 0.524. The molecule has 2 nitrogen and oxygen atoms in total. The van der Waals surface area contributed by atoms with E-state index in [9.17, 15) is 0 Å². The molecule has 0 spiro atoms. The highest BCUT2D eigenvalue weighted by atomic mass is 16.5. The first-order valence-corrected chi connectivity index (χ1v) is 9.24. The van der Waals surface area contributed by atoms with Crippen LogP contribution in [0.4, 0.5) is 0 Å². The summed E-state index contributed by atoms with van der Waals surface area (Å²) < 4.78 is 5.44. The Bertz CT molecular complexity index is 673. The van der Waals surface area contributed by atoms with Crippen molar-refractivity contribution < 1.29 is 4.74 Å². The number of nitrogens with zero attached hydrogens (tertiary/aromatic N) is 1. The van der Waals surface area contributed by atoms with E-state index >= 15 is 0 Å². The lowest BCUT2D eigenvalue weighted by atomic mass is 9.85. The molecule has 0 aromatic heterocycles. The van der Waals surface area contributed by atoms with E-state index in [1.54, 1.807) is 16.7 Å². The number of aryl methyl sites for hydroxylation is 3. The Morgan fingerprint density at radius 3 is 2.61 bits per heavy atom. The van der Waals surface area contributed by atoms with E-state index in [-0.39, 0.29) is 0 Å². The molecule has 23 heavy (non-hydrogen) atoms. The summed E-state index contributed by atoms with van der Waals surface area (Å²) in [5, 5.41) is 3.02. The SMILES string of the molecule is c1ccc2c3c(cc(CCCN4CCOCC4)c2c1)CCCC3. The van der Waals surface area contributed by atoms with Crippen molar-refractivity contribution in [3.05, 3.63) is 47.0 Å². The fourth-order valence-corrected chi connectivity index (χ4v) is 4.23. The molecule has 0 radical (unpaired) electrons. The predicted molar refractivity (Wildman–Crippen MR) is 96.2 cm³/mol. The Morgan fingerprint density at radius 2 is 1.74 bits per heavy atom. The van der Waals surface area contributed by atoms with Crippen LogP contribution in [0, 0.1) is 0 Å². The van der Waals surface area contributed by atoms with Crippen molar-refractivity contribution in [1.82, 2.24) is 4.90 Å². The van der Waals surface area contributed by atoms with Crippen LogP contribution in [0.1, 0.15) is 36.0 Å². The van der Waals surface area contributed by atoms with Crippen LogP contribution >= 0.6 is 0 Å². The minimum absolute atomic E-state index is 0.905. The van der Waals surface area contributed by atoms with Crippen LogP contribution in [-0.4, -0.2) is 37.7 Å². The molecule has 1 fully saturated rings. The van der Waals surface area contributed by atoms with Crippen molar-refractivity contribution in [2.45, 2.75) is 38.5 Å². The van der Waals surface area contributed by atoms with Gasteiger partial charge in [0.1, 0.15) is 0 Å². The van der Waals surface area contributed by atoms with E-state index in [1.165, 1.54) is 55.8 Å². The summed E-state index contributed by atoms with van der Waals surface area (Å²) in [5.74, 6) is 0. The van der Waals surface area contributed by atoms with Gasteiger partial charge in [-0.1, -0.05) is 30.3 Å². The highest BCUT2D eigenvalue weighted by Gasteiger charge is 2.15. The third-order valence-electron chi connectivity index (χ3n) is 5.48. The molecule has 1 aliphatic heterocycles. The van der Waals surface area contributed by atoms with Crippen LogP contribution < -0.4 is 0 Å².